The largest absolute Gasteiger partial charge is 0.416 e. The van der Waals surface area contributed by atoms with Crippen molar-refractivity contribution in [2.45, 2.75) is 13.1 Å². The van der Waals surface area contributed by atoms with Crippen LogP contribution in [0.1, 0.15) is 20.9 Å². The zero-order chi connectivity index (χ0) is 17.3. The van der Waals surface area contributed by atoms with Gasteiger partial charge in [-0.3, -0.25) is 10.1 Å². The van der Waals surface area contributed by atoms with Crippen LogP contribution in [0.3, 0.4) is 0 Å². The molecule has 9 heteroatoms. The molecule has 0 fully saturated rings. The average Bonchev–Trinajstić information content (AvgIpc) is 3.15. The molecule has 0 unspecified atom stereocenters. The number of carbonyl (C=O) groups excluding carboxylic acids is 1. The van der Waals surface area contributed by atoms with E-state index in [1.54, 1.807) is 23.9 Å². The third kappa shape index (κ3) is 3.46. The Kier molecular flexibility index (Phi) is 4.37. The third-order valence-corrected chi connectivity index (χ3v) is 4.85. The molecule has 2 heterocycles. The average molecular weight is 369 g/mol. The zero-order valence-corrected chi connectivity index (χ0v) is 13.9. The first-order chi connectivity index (χ1) is 11.3. The standard InChI is InChI=1S/C15H10F3N3OS2/c1-8-12(24-7-19-8)13(22)21-14-20-11(6-23-14)9-3-2-4-10(5-9)15(16,17)18/h2-7H,1H3,(H,20,21,22). The molecule has 0 bridgehead atoms. The maximum atomic E-state index is 12.8. The summed E-state index contributed by atoms with van der Waals surface area (Å²) in [5.41, 5.74) is 2.17. The number of halogens is 3. The first kappa shape index (κ1) is 16.6. The first-order valence-corrected chi connectivity index (χ1v) is 8.45. The van der Waals surface area contributed by atoms with E-state index in [0.717, 1.165) is 23.5 Å². The van der Waals surface area contributed by atoms with Crippen LogP contribution in [0.4, 0.5) is 18.3 Å². The number of carbonyl (C=O) groups is 1. The minimum atomic E-state index is -4.41. The molecular weight excluding hydrogens is 359 g/mol. The van der Waals surface area contributed by atoms with Crippen molar-refractivity contribution in [1.82, 2.24) is 9.97 Å². The Morgan fingerprint density at radius 1 is 1.25 bits per heavy atom. The Morgan fingerprint density at radius 2 is 2.04 bits per heavy atom. The van der Waals surface area contributed by atoms with Gasteiger partial charge >= 0.3 is 6.18 Å². The second-order valence-corrected chi connectivity index (χ2v) is 6.55. The summed E-state index contributed by atoms with van der Waals surface area (Å²) in [6.45, 7) is 1.72. The normalized spacial score (nSPS) is 11.5. The van der Waals surface area contributed by atoms with E-state index in [4.69, 9.17) is 0 Å². The highest BCUT2D eigenvalue weighted by atomic mass is 32.1. The number of aryl methyl sites for hydroxylation is 1. The van der Waals surface area contributed by atoms with Crippen molar-refractivity contribution in [2.75, 3.05) is 5.32 Å². The fourth-order valence-electron chi connectivity index (χ4n) is 1.99. The Labute approximate surface area is 143 Å². The van der Waals surface area contributed by atoms with Gasteiger partial charge in [0.25, 0.3) is 5.91 Å². The SMILES string of the molecule is Cc1ncsc1C(=O)Nc1nc(-c2cccc(C(F)(F)F)c2)cs1. The summed E-state index contributed by atoms with van der Waals surface area (Å²) >= 11 is 2.36. The molecule has 3 aromatic rings. The van der Waals surface area contributed by atoms with Crippen LogP contribution >= 0.6 is 22.7 Å². The highest BCUT2D eigenvalue weighted by Gasteiger charge is 2.30. The molecule has 0 aliphatic heterocycles. The summed E-state index contributed by atoms with van der Waals surface area (Å²) < 4.78 is 38.3. The van der Waals surface area contributed by atoms with E-state index in [0.29, 0.717) is 27.0 Å². The van der Waals surface area contributed by atoms with Crippen molar-refractivity contribution in [3.05, 3.63) is 51.3 Å². The molecule has 0 saturated heterocycles. The van der Waals surface area contributed by atoms with E-state index in [1.165, 1.54) is 17.4 Å². The lowest BCUT2D eigenvalue weighted by Crippen LogP contribution is -2.11. The maximum Gasteiger partial charge on any atom is 0.416 e. The lowest BCUT2D eigenvalue weighted by atomic mass is 10.1. The molecule has 24 heavy (non-hydrogen) atoms. The van der Waals surface area contributed by atoms with E-state index in [9.17, 15) is 18.0 Å². The Hall–Kier alpha value is -2.26. The number of hydrogen-bond donors (Lipinski definition) is 1. The molecule has 4 nitrogen and oxygen atoms in total. The lowest BCUT2D eigenvalue weighted by molar-refractivity contribution is -0.137. The van der Waals surface area contributed by atoms with Gasteiger partial charge in [0.05, 0.1) is 22.5 Å². The molecule has 0 radical (unpaired) electrons. The van der Waals surface area contributed by atoms with E-state index in [-0.39, 0.29) is 5.91 Å². The zero-order valence-electron chi connectivity index (χ0n) is 12.2. The summed E-state index contributed by atoms with van der Waals surface area (Å²) in [4.78, 5) is 20.8. The van der Waals surface area contributed by atoms with Crippen LogP contribution < -0.4 is 5.32 Å². The molecule has 0 atom stereocenters. The van der Waals surface area contributed by atoms with Gasteiger partial charge in [-0.2, -0.15) is 13.2 Å². The van der Waals surface area contributed by atoms with Crippen LogP contribution in [0.25, 0.3) is 11.3 Å². The Bertz CT molecular complexity index is 886. The van der Waals surface area contributed by atoms with E-state index in [1.807, 2.05) is 0 Å². The van der Waals surface area contributed by atoms with Gasteiger partial charge in [-0.25, -0.2) is 9.97 Å². The number of nitrogens with one attached hydrogen (secondary N) is 1. The quantitative estimate of drug-likeness (QED) is 0.718. The minimum absolute atomic E-state index is 0.320. The molecule has 1 N–H and O–H groups in total. The summed E-state index contributed by atoms with van der Waals surface area (Å²) in [5.74, 6) is -0.333. The van der Waals surface area contributed by atoms with Crippen molar-refractivity contribution in [3.63, 3.8) is 0 Å². The summed E-state index contributed by atoms with van der Waals surface area (Å²) in [7, 11) is 0. The van der Waals surface area contributed by atoms with Crippen molar-refractivity contribution in [3.8, 4) is 11.3 Å². The predicted octanol–water partition coefficient (Wildman–Crippen LogP) is 4.85. The van der Waals surface area contributed by atoms with E-state index in [2.05, 4.69) is 15.3 Å². The van der Waals surface area contributed by atoms with Gasteiger partial charge in [-0.1, -0.05) is 12.1 Å². The van der Waals surface area contributed by atoms with E-state index < -0.39 is 11.7 Å². The number of alkyl halides is 3. The summed E-state index contributed by atoms with van der Waals surface area (Å²) in [5, 5.41) is 4.56. The van der Waals surface area contributed by atoms with E-state index >= 15 is 0 Å². The Morgan fingerprint density at radius 3 is 2.71 bits per heavy atom. The fraction of sp³-hybridized carbons (Fsp3) is 0.133. The fourth-order valence-corrected chi connectivity index (χ4v) is 3.40. The highest BCUT2D eigenvalue weighted by molar-refractivity contribution is 7.14. The molecule has 0 spiro atoms. The summed E-state index contributed by atoms with van der Waals surface area (Å²) in [6, 6.07) is 4.92. The predicted molar refractivity (Wildman–Crippen MR) is 87.4 cm³/mol. The molecule has 124 valence electrons. The number of amides is 1. The van der Waals surface area contributed by atoms with Gasteiger partial charge in [0, 0.05) is 10.9 Å². The molecule has 1 amide bonds. The second-order valence-electron chi connectivity index (χ2n) is 4.84. The highest BCUT2D eigenvalue weighted by Crippen LogP contribution is 2.33. The maximum absolute atomic E-state index is 12.8. The minimum Gasteiger partial charge on any atom is -0.297 e. The number of benzene rings is 1. The number of nitrogens with zero attached hydrogens (tertiary/aromatic N) is 2. The van der Waals surface area contributed by atoms with Crippen molar-refractivity contribution < 1.29 is 18.0 Å². The topological polar surface area (TPSA) is 54.9 Å². The number of rotatable bonds is 3. The van der Waals surface area contributed by atoms with Gasteiger partial charge in [0.1, 0.15) is 4.88 Å². The molecule has 1 aromatic carbocycles. The van der Waals surface area contributed by atoms with Gasteiger partial charge in [0.2, 0.25) is 0 Å². The van der Waals surface area contributed by atoms with Crippen LogP contribution in [-0.4, -0.2) is 15.9 Å². The number of anilines is 1. The Balaban J connectivity index is 1.81. The molecule has 3 rings (SSSR count). The van der Waals surface area contributed by atoms with Gasteiger partial charge in [-0.15, -0.1) is 22.7 Å². The van der Waals surface area contributed by atoms with Gasteiger partial charge < -0.3 is 0 Å². The van der Waals surface area contributed by atoms with Crippen molar-refractivity contribution in [1.29, 1.82) is 0 Å². The summed E-state index contributed by atoms with van der Waals surface area (Å²) in [6.07, 6.45) is -4.41. The van der Waals surface area contributed by atoms with Crippen LogP contribution in [-0.2, 0) is 6.18 Å². The van der Waals surface area contributed by atoms with Crippen molar-refractivity contribution in [2.24, 2.45) is 0 Å². The lowest BCUT2D eigenvalue weighted by Gasteiger charge is -2.07. The molecule has 0 aliphatic carbocycles. The van der Waals surface area contributed by atoms with Gasteiger partial charge in [-0.05, 0) is 19.1 Å². The molecule has 0 saturated carbocycles. The number of thiazole rings is 2. The van der Waals surface area contributed by atoms with Crippen LogP contribution in [0.15, 0.2) is 35.2 Å². The van der Waals surface area contributed by atoms with Crippen molar-refractivity contribution >= 4 is 33.7 Å². The smallest absolute Gasteiger partial charge is 0.297 e. The first-order valence-electron chi connectivity index (χ1n) is 6.69. The molecule has 2 aromatic heterocycles. The monoisotopic (exact) mass is 369 g/mol. The van der Waals surface area contributed by atoms with Crippen LogP contribution in [0.2, 0.25) is 0 Å². The molecule has 0 aliphatic rings. The number of hydrogen-bond acceptors (Lipinski definition) is 5. The van der Waals surface area contributed by atoms with Crippen LogP contribution in [0.5, 0.6) is 0 Å². The van der Waals surface area contributed by atoms with Crippen LogP contribution in [0, 0.1) is 6.92 Å². The molecular formula is C15H10F3N3OS2. The van der Waals surface area contributed by atoms with Gasteiger partial charge in [0.15, 0.2) is 5.13 Å². The second kappa shape index (κ2) is 6.33. The third-order valence-electron chi connectivity index (χ3n) is 3.16. The number of aromatic nitrogens is 2.